The molecule has 4 aliphatic rings. The minimum absolute atomic E-state index is 0.0496. The first-order valence-corrected chi connectivity index (χ1v) is 23.4. The number of aliphatic imine (C=N–C) groups is 1. The molecule has 6 amide bonds. The largest absolute Gasteiger partial charge is 0.457 e. The van der Waals surface area contributed by atoms with Gasteiger partial charge in [-0.25, -0.2) is 4.68 Å². The lowest BCUT2D eigenvalue weighted by molar-refractivity contribution is -0.136. The lowest BCUT2D eigenvalue weighted by atomic mass is 9.86. The molecular weight excluding hydrogens is 887 g/mol. The summed E-state index contributed by atoms with van der Waals surface area (Å²) in [5.74, 6) is 5.24. The van der Waals surface area contributed by atoms with Gasteiger partial charge in [0.05, 0.1) is 55.9 Å². The average Bonchev–Trinajstić information content (AvgIpc) is 3.88. The number of hydrogen-bond donors (Lipinski definition) is 5. The van der Waals surface area contributed by atoms with Crippen molar-refractivity contribution in [2.24, 2.45) is 27.6 Å². The van der Waals surface area contributed by atoms with Gasteiger partial charge in [0.2, 0.25) is 17.7 Å². The maximum absolute atomic E-state index is 13.3. The molecule has 1 aromatic heterocycles. The van der Waals surface area contributed by atoms with Crippen LogP contribution in [0.25, 0.3) is 11.3 Å². The van der Waals surface area contributed by atoms with Crippen molar-refractivity contribution < 1.29 is 43.0 Å². The minimum atomic E-state index is -1.03. The highest BCUT2D eigenvalue weighted by Gasteiger charge is 2.45. The lowest BCUT2D eigenvalue weighted by Crippen LogP contribution is -2.54. The van der Waals surface area contributed by atoms with Crippen LogP contribution < -0.4 is 32.3 Å². The van der Waals surface area contributed by atoms with Crippen LogP contribution in [0.3, 0.4) is 0 Å². The molecule has 5 heterocycles. The molecule has 8 rings (SSSR count). The van der Waals surface area contributed by atoms with Crippen LogP contribution in [0.15, 0.2) is 82.9 Å². The summed E-state index contributed by atoms with van der Waals surface area (Å²) in [6.07, 6.45) is 5.65. The summed E-state index contributed by atoms with van der Waals surface area (Å²) < 4.78 is 19.2. The van der Waals surface area contributed by atoms with E-state index in [9.17, 15) is 28.8 Å². The number of hydrogen-bond acceptors (Lipinski definition) is 15. The summed E-state index contributed by atoms with van der Waals surface area (Å²) in [6.45, 7) is 4.01. The number of para-hydroxylation sites is 1. The molecule has 7 N–H and O–H groups in total. The van der Waals surface area contributed by atoms with E-state index in [4.69, 9.17) is 30.9 Å². The van der Waals surface area contributed by atoms with Crippen LogP contribution in [-0.2, 0) is 23.9 Å². The van der Waals surface area contributed by atoms with Crippen LogP contribution >= 0.6 is 0 Å². The topological polar surface area (TPSA) is 267 Å². The van der Waals surface area contributed by atoms with Gasteiger partial charge in [0.1, 0.15) is 34.6 Å². The van der Waals surface area contributed by atoms with E-state index < -0.39 is 35.6 Å². The Morgan fingerprint density at radius 2 is 1.61 bits per heavy atom. The Bertz CT molecular complexity index is 2590. The van der Waals surface area contributed by atoms with E-state index in [0.29, 0.717) is 113 Å². The molecule has 20 heteroatoms. The van der Waals surface area contributed by atoms with Crippen molar-refractivity contribution in [1.29, 1.82) is 0 Å². The van der Waals surface area contributed by atoms with Crippen LogP contribution in [0.4, 0.5) is 11.5 Å². The van der Waals surface area contributed by atoms with E-state index in [0.717, 1.165) is 35.5 Å². The number of carbonyl (C=O) groups excluding carboxylic acids is 6. The molecule has 69 heavy (non-hydrogen) atoms. The number of imide groups is 2. The molecule has 4 aliphatic heterocycles. The predicted molar refractivity (Wildman–Crippen MR) is 256 cm³/mol. The number of hydrazone groups is 1. The van der Waals surface area contributed by atoms with Crippen LogP contribution in [0.2, 0.25) is 0 Å². The molecule has 1 unspecified atom stereocenters. The number of primary amides is 1. The van der Waals surface area contributed by atoms with Crippen LogP contribution in [0.5, 0.6) is 11.5 Å². The smallest absolute Gasteiger partial charge is 0.264 e. The number of nitrogens with one attached hydrogen (secondary N) is 3. The first kappa shape index (κ1) is 48.0. The number of likely N-dealkylation sites (tertiary alicyclic amines) is 1. The third-order valence-corrected chi connectivity index (χ3v) is 12.7. The minimum Gasteiger partial charge on any atom is -0.457 e. The summed E-state index contributed by atoms with van der Waals surface area (Å²) in [5, 5.41) is 17.5. The number of amides is 6. The fraction of sp³-hybridized carbons (Fsp3) is 0.408. The van der Waals surface area contributed by atoms with E-state index in [-0.39, 0.29) is 41.8 Å². The molecule has 362 valence electrons. The fourth-order valence-corrected chi connectivity index (χ4v) is 9.29. The van der Waals surface area contributed by atoms with Gasteiger partial charge in [-0.1, -0.05) is 24.3 Å². The van der Waals surface area contributed by atoms with Crippen molar-refractivity contribution in [3.63, 3.8) is 0 Å². The first-order chi connectivity index (χ1) is 33.6. The second-order valence-corrected chi connectivity index (χ2v) is 17.2. The lowest BCUT2D eigenvalue weighted by Gasteiger charge is -2.38. The van der Waals surface area contributed by atoms with Crippen LogP contribution in [0, 0.1) is 5.92 Å². The highest BCUT2D eigenvalue weighted by molar-refractivity contribution is 6.30. The molecule has 0 aliphatic carbocycles. The van der Waals surface area contributed by atoms with Crippen molar-refractivity contribution in [2.45, 2.75) is 63.5 Å². The third kappa shape index (κ3) is 11.3. The Balaban J connectivity index is 0.702. The van der Waals surface area contributed by atoms with Gasteiger partial charge in [-0.3, -0.25) is 44.0 Å². The molecule has 2 saturated heterocycles. The summed E-state index contributed by atoms with van der Waals surface area (Å²) in [4.78, 5) is 83.6. The van der Waals surface area contributed by atoms with Crippen molar-refractivity contribution >= 4 is 58.9 Å². The van der Waals surface area contributed by atoms with E-state index >= 15 is 0 Å². The van der Waals surface area contributed by atoms with Gasteiger partial charge in [0.15, 0.2) is 0 Å². The summed E-state index contributed by atoms with van der Waals surface area (Å²) in [5.41, 5.74) is 9.04. The second kappa shape index (κ2) is 22.6. The van der Waals surface area contributed by atoms with Gasteiger partial charge in [0, 0.05) is 56.5 Å². The molecule has 0 saturated carbocycles. The number of carbonyl (C=O) groups is 6. The van der Waals surface area contributed by atoms with Crippen LogP contribution in [-0.4, -0.2) is 132 Å². The Hall–Kier alpha value is -7.45. The Morgan fingerprint density at radius 1 is 0.855 bits per heavy atom. The molecule has 0 bridgehead atoms. The first-order valence-electron chi connectivity index (χ1n) is 23.4. The van der Waals surface area contributed by atoms with E-state index in [2.05, 4.69) is 26.0 Å². The van der Waals surface area contributed by atoms with Gasteiger partial charge >= 0.3 is 0 Å². The SMILES string of the molecule is NN=C(C=NCCOCCOCCNc1cccc2c1C(=O)N(C1CCC(=O)NC1=O)C2=O)CCCC(=O)N1CCC([C@@H]2CCNc3c(C(N)=O)c(-c4ccc(Oc5ccccc5)cc4)nn32)CC1. The second-order valence-electron chi connectivity index (χ2n) is 17.2. The highest BCUT2D eigenvalue weighted by Crippen LogP contribution is 2.40. The quantitative estimate of drug-likeness (QED) is 0.0259. The summed E-state index contributed by atoms with van der Waals surface area (Å²) in [7, 11) is 0. The maximum Gasteiger partial charge on any atom is 0.264 e. The van der Waals surface area contributed by atoms with E-state index in [1.165, 1.54) is 0 Å². The number of piperidine rings is 2. The molecule has 4 aromatic rings. The number of nitrogens with two attached hydrogens (primary N) is 2. The normalized spacial score (nSPS) is 18.5. The van der Waals surface area contributed by atoms with Crippen molar-refractivity contribution in [2.75, 3.05) is 69.8 Å². The molecule has 2 fully saturated rings. The third-order valence-electron chi connectivity index (χ3n) is 12.7. The molecule has 0 radical (unpaired) electrons. The number of benzene rings is 3. The van der Waals surface area contributed by atoms with Gasteiger partial charge in [-0.2, -0.15) is 10.2 Å². The zero-order chi connectivity index (χ0) is 48.3. The zero-order valence-corrected chi connectivity index (χ0v) is 38.3. The number of rotatable bonds is 21. The molecular formula is C49H57N11O9. The Morgan fingerprint density at radius 3 is 2.35 bits per heavy atom. The zero-order valence-electron chi connectivity index (χ0n) is 38.3. The van der Waals surface area contributed by atoms with Gasteiger partial charge in [-0.05, 0) is 93.0 Å². The van der Waals surface area contributed by atoms with Gasteiger partial charge < -0.3 is 41.3 Å². The van der Waals surface area contributed by atoms with Crippen molar-refractivity contribution in [1.82, 2.24) is 24.9 Å². The molecule has 3 aromatic carbocycles. The molecule has 2 atom stereocenters. The van der Waals surface area contributed by atoms with Crippen LogP contribution in [0.1, 0.15) is 88.5 Å². The molecule has 0 spiro atoms. The number of ether oxygens (including phenoxy) is 3. The highest BCUT2D eigenvalue weighted by atomic mass is 16.5. The summed E-state index contributed by atoms with van der Waals surface area (Å²) >= 11 is 0. The standard InChI is InChI=1S/C49H57N11O9/c50-45(63)43-44(32-12-14-35(15-13-32)69-34-7-2-1-3-8-34)57-60-38(18-21-54-46(43)60)31-19-24-58(25-20-31)41(62)11-4-6-33(56-51)30-52-22-26-67-28-29-68-27-23-53-37-10-5-9-36-42(37)49(66)59(48(36)65)39-16-17-40(61)55-47(39)64/h1-3,5,7-10,12-15,30-31,38-39,53-54H,4,6,11,16-29,51H2,(H2,50,63)(H,55,61,64)/t38-,39?/m0/s1. The average molecular weight is 944 g/mol. The predicted octanol–water partition coefficient (Wildman–Crippen LogP) is 4.14. The number of fused-ring (bicyclic) bond motifs is 2. The summed E-state index contributed by atoms with van der Waals surface area (Å²) in [6, 6.07) is 20.9. The fourth-order valence-electron chi connectivity index (χ4n) is 9.29. The maximum atomic E-state index is 13.3. The number of anilines is 2. The van der Waals surface area contributed by atoms with Gasteiger partial charge in [-0.15, -0.1) is 0 Å². The Labute approximate surface area is 398 Å². The molecule has 20 nitrogen and oxygen atoms in total. The van der Waals surface area contributed by atoms with E-state index in [1.54, 1.807) is 24.4 Å². The van der Waals surface area contributed by atoms with Gasteiger partial charge in [0.25, 0.3) is 17.7 Å². The van der Waals surface area contributed by atoms with E-state index in [1.807, 2.05) is 64.2 Å². The van der Waals surface area contributed by atoms with Crippen molar-refractivity contribution in [3.05, 3.63) is 89.5 Å². The number of aromatic nitrogens is 2. The Kier molecular flexibility index (Phi) is 15.7. The monoisotopic (exact) mass is 943 g/mol. The number of nitrogens with zero attached hydrogens (tertiary/aromatic N) is 6. The van der Waals surface area contributed by atoms with Crippen molar-refractivity contribution in [3.8, 4) is 22.8 Å².